The number of hydrogen-bond acceptors (Lipinski definition) is 4. The van der Waals surface area contributed by atoms with Gasteiger partial charge in [-0.3, -0.25) is 14.3 Å². The van der Waals surface area contributed by atoms with Crippen LogP contribution in [-0.2, 0) is 11.3 Å². The minimum atomic E-state index is -0.939. The number of hydrogen-bond donors (Lipinski definition) is 1. The molecule has 2 aromatic rings. The van der Waals surface area contributed by atoms with Gasteiger partial charge in [-0.05, 0) is 25.0 Å². The zero-order valence-electron chi connectivity index (χ0n) is 12.8. The van der Waals surface area contributed by atoms with Gasteiger partial charge in [-0.1, -0.05) is 26.0 Å². The van der Waals surface area contributed by atoms with Gasteiger partial charge in [-0.2, -0.15) is 10.4 Å². The maximum absolute atomic E-state index is 12.2. The van der Waals surface area contributed by atoms with Crippen LogP contribution in [0.2, 0.25) is 0 Å². The maximum Gasteiger partial charge on any atom is 0.242 e. The molecule has 1 atom stereocenters. The Labute approximate surface area is 128 Å². The van der Waals surface area contributed by atoms with Crippen LogP contribution in [0.1, 0.15) is 20.8 Å². The molecule has 1 N–H and O–H groups in total. The van der Waals surface area contributed by atoms with E-state index in [4.69, 9.17) is 0 Å². The number of nitrogens with one attached hydrogen (secondary N) is 1. The van der Waals surface area contributed by atoms with Gasteiger partial charge in [0.15, 0.2) is 0 Å². The maximum atomic E-state index is 12.2. The fraction of sp³-hybridized carbons (Fsp3) is 0.375. The van der Waals surface area contributed by atoms with Crippen molar-refractivity contribution in [1.29, 1.82) is 5.26 Å². The molecule has 0 bridgehead atoms. The molecule has 1 unspecified atom stereocenters. The molecular weight excluding hydrogens is 280 g/mol. The molecule has 1 aromatic carbocycles. The number of benzene rings is 1. The summed E-state index contributed by atoms with van der Waals surface area (Å²) in [6.45, 7) is 5.38. The molecule has 0 radical (unpaired) electrons. The third-order valence-electron chi connectivity index (χ3n) is 3.84. The van der Waals surface area contributed by atoms with Crippen molar-refractivity contribution in [1.82, 2.24) is 15.1 Å². The number of fused-ring (bicyclic) bond motifs is 1. The van der Waals surface area contributed by atoms with Gasteiger partial charge in [0.2, 0.25) is 11.3 Å². The van der Waals surface area contributed by atoms with Crippen molar-refractivity contribution in [3.8, 4) is 6.07 Å². The van der Waals surface area contributed by atoms with Crippen LogP contribution in [0.15, 0.2) is 35.3 Å². The summed E-state index contributed by atoms with van der Waals surface area (Å²) >= 11 is 0. The molecule has 0 spiro atoms. The first-order chi connectivity index (χ1) is 10.4. The Morgan fingerprint density at radius 2 is 2.14 bits per heavy atom. The van der Waals surface area contributed by atoms with Crippen LogP contribution in [0, 0.1) is 17.2 Å². The Hall–Kier alpha value is -2.68. The molecule has 0 aliphatic rings. The van der Waals surface area contributed by atoms with Gasteiger partial charge < -0.3 is 5.32 Å². The molecular formula is C16H18N4O2. The van der Waals surface area contributed by atoms with E-state index < -0.39 is 5.54 Å². The van der Waals surface area contributed by atoms with Gasteiger partial charge in [0.05, 0.1) is 17.8 Å². The highest BCUT2D eigenvalue weighted by Gasteiger charge is 2.30. The van der Waals surface area contributed by atoms with E-state index in [2.05, 4.69) is 16.5 Å². The highest BCUT2D eigenvalue weighted by Crippen LogP contribution is 2.15. The fourth-order valence-electron chi connectivity index (χ4n) is 2.05. The fourth-order valence-corrected chi connectivity index (χ4v) is 2.05. The van der Waals surface area contributed by atoms with E-state index in [9.17, 15) is 14.9 Å². The van der Waals surface area contributed by atoms with Gasteiger partial charge >= 0.3 is 0 Å². The molecule has 0 fully saturated rings. The largest absolute Gasteiger partial charge is 0.336 e. The standard InChI is InChI=1S/C16H18N4O2/c1-11(2)16(3,10-17)19-15(22)9-20-13-7-5-4-6-12(13)14(21)8-18-20/h4-8,11H,9H2,1-3H3,(H,19,22). The van der Waals surface area contributed by atoms with E-state index in [0.717, 1.165) is 0 Å². The van der Waals surface area contributed by atoms with Crippen molar-refractivity contribution < 1.29 is 4.79 Å². The number of nitriles is 1. The second kappa shape index (κ2) is 5.98. The second-order valence-corrected chi connectivity index (χ2v) is 5.70. The second-order valence-electron chi connectivity index (χ2n) is 5.70. The van der Waals surface area contributed by atoms with E-state index in [1.165, 1.54) is 10.9 Å². The first-order valence-corrected chi connectivity index (χ1v) is 7.04. The molecule has 6 nitrogen and oxygen atoms in total. The molecule has 6 heteroatoms. The topological polar surface area (TPSA) is 87.8 Å². The van der Waals surface area contributed by atoms with Crippen LogP contribution in [0.4, 0.5) is 0 Å². The molecule has 1 aromatic heterocycles. The predicted molar refractivity (Wildman–Crippen MR) is 83.0 cm³/mol. The molecule has 22 heavy (non-hydrogen) atoms. The average Bonchev–Trinajstić information content (AvgIpc) is 2.50. The molecule has 0 saturated heterocycles. The molecule has 2 rings (SSSR count). The Morgan fingerprint density at radius 3 is 2.77 bits per heavy atom. The lowest BCUT2D eigenvalue weighted by molar-refractivity contribution is -0.123. The number of carbonyl (C=O) groups excluding carboxylic acids is 1. The summed E-state index contributed by atoms with van der Waals surface area (Å²) in [7, 11) is 0. The van der Waals surface area contributed by atoms with Crippen LogP contribution < -0.4 is 10.7 Å². The lowest BCUT2D eigenvalue weighted by Crippen LogP contribution is -2.50. The lowest BCUT2D eigenvalue weighted by Gasteiger charge is -2.27. The van der Waals surface area contributed by atoms with Crippen LogP contribution in [-0.4, -0.2) is 21.2 Å². The minimum Gasteiger partial charge on any atom is -0.336 e. The van der Waals surface area contributed by atoms with E-state index >= 15 is 0 Å². The van der Waals surface area contributed by atoms with Gasteiger partial charge in [0.1, 0.15) is 12.1 Å². The van der Waals surface area contributed by atoms with Gasteiger partial charge in [-0.15, -0.1) is 0 Å². The summed E-state index contributed by atoms with van der Waals surface area (Å²) in [5.41, 5.74) is -0.531. The Kier molecular flexibility index (Phi) is 4.27. The van der Waals surface area contributed by atoms with Crippen LogP contribution in [0.3, 0.4) is 0 Å². The quantitative estimate of drug-likeness (QED) is 0.925. The first kappa shape index (κ1) is 15.7. The van der Waals surface area contributed by atoms with Crippen molar-refractivity contribution in [2.75, 3.05) is 0 Å². The summed E-state index contributed by atoms with van der Waals surface area (Å²) in [5.74, 6) is -0.348. The normalized spacial score (nSPS) is 13.6. The summed E-state index contributed by atoms with van der Waals surface area (Å²) in [6, 6.07) is 9.11. The third kappa shape index (κ3) is 2.98. The first-order valence-electron chi connectivity index (χ1n) is 7.04. The van der Waals surface area contributed by atoms with Gasteiger partial charge in [-0.25, -0.2) is 0 Å². The summed E-state index contributed by atoms with van der Waals surface area (Å²) < 4.78 is 1.46. The average molecular weight is 298 g/mol. The lowest BCUT2D eigenvalue weighted by atomic mass is 9.90. The smallest absolute Gasteiger partial charge is 0.242 e. The monoisotopic (exact) mass is 298 g/mol. The third-order valence-corrected chi connectivity index (χ3v) is 3.84. The summed E-state index contributed by atoms with van der Waals surface area (Å²) in [5, 5.41) is 16.5. The van der Waals surface area contributed by atoms with Gasteiger partial charge in [0.25, 0.3) is 0 Å². The summed E-state index contributed by atoms with van der Waals surface area (Å²) in [4.78, 5) is 24.0. The molecule has 1 amide bonds. The number of amides is 1. The number of nitrogens with zero attached hydrogens (tertiary/aromatic N) is 3. The van der Waals surface area contributed by atoms with Crippen LogP contribution in [0.5, 0.6) is 0 Å². The highest BCUT2D eigenvalue weighted by atomic mass is 16.2. The number of carbonyl (C=O) groups is 1. The van der Waals surface area contributed by atoms with Crippen molar-refractivity contribution in [2.24, 2.45) is 5.92 Å². The predicted octanol–water partition coefficient (Wildman–Crippen LogP) is 1.45. The van der Waals surface area contributed by atoms with E-state index in [-0.39, 0.29) is 23.8 Å². The van der Waals surface area contributed by atoms with E-state index in [0.29, 0.717) is 10.9 Å². The Morgan fingerprint density at radius 1 is 1.45 bits per heavy atom. The number of aromatic nitrogens is 2. The molecule has 114 valence electrons. The molecule has 1 heterocycles. The number of rotatable bonds is 4. The van der Waals surface area contributed by atoms with Crippen molar-refractivity contribution in [3.05, 3.63) is 40.7 Å². The van der Waals surface area contributed by atoms with Crippen LogP contribution >= 0.6 is 0 Å². The van der Waals surface area contributed by atoms with E-state index in [1.54, 1.807) is 31.2 Å². The Bertz CT molecular complexity index is 804. The Balaban J connectivity index is 2.29. The van der Waals surface area contributed by atoms with Gasteiger partial charge in [0, 0.05) is 5.39 Å². The van der Waals surface area contributed by atoms with E-state index in [1.807, 2.05) is 13.8 Å². The SMILES string of the molecule is CC(C)C(C)(C#N)NC(=O)Cn1ncc(=O)c2ccccc21. The van der Waals surface area contributed by atoms with Crippen LogP contribution in [0.25, 0.3) is 10.9 Å². The molecule has 0 saturated carbocycles. The van der Waals surface area contributed by atoms with Crippen molar-refractivity contribution in [3.63, 3.8) is 0 Å². The zero-order valence-corrected chi connectivity index (χ0v) is 12.8. The van der Waals surface area contributed by atoms with Crippen molar-refractivity contribution >= 4 is 16.8 Å². The molecule has 0 aliphatic heterocycles. The minimum absolute atomic E-state index is 0.0276. The summed E-state index contributed by atoms with van der Waals surface area (Å²) in [6.07, 6.45) is 1.20. The highest BCUT2D eigenvalue weighted by molar-refractivity contribution is 5.82. The number of para-hydroxylation sites is 1. The zero-order chi connectivity index (χ0) is 16.3. The molecule has 0 aliphatic carbocycles. The van der Waals surface area contributed by atoms with Crippen molar-refractivity contribution in [2.45, 2.75) is 32.9 Å².